The van der Waals surface area contributed by atoms with Crippen molar-refractivity contribution in [1.82, 2.24) is 8.87 Å². The smallest absolute Gasteiger partial charge is 0.243 e. The van der Waals surface area contributed by atoms with E-state index in [-0.39, 0.29) is 4.90 Å². The summed E-state index contributed by atoms with van der Waals surface area (Å²) < 4.78 is 40.5. The lowest BCUT2D eigenvalue weighted by atomic mass is 10.1. The lowest BCUT2D eigenvalue weighted by Crippen LogP contribution is -2.36. The minimum Gasteiger partial charge on any atom is -0.493 e. The fourth-order valence-electron chi connectivity index (χ4n) is 3.82. The van der Waals surface area contributed by atoms with Crippen molar-refractivity contribution in [2.75, 3.05) is 20.8 Å². The first-order valence-electron chi connectivity index (χ1n) is 8.74. The Labute approximate surface area is 159 Å². The third-order valence-corrected chi connectivity index (χ3v) is 7.12. The van der Waals surface area contributed by atoms with Gasteiger partial charge in [0.05, 0.1) is 25.7 Å². The number of hydrogen-bond acceptors (Lipinski definition) is 4. The lowest BCUT2D eigenvalue weighted by Gasteiger charge is -2.27. The van der Waals surface area contributed by atoms with E-state index >= 15 is 0 Å². The summed E-state index contributed by atoms with van der Waals surface area (Å²) >= 11 is 0. The van der Waals surface area contributed by atoms with Gasteiger partial charge in [0.15, 0.2) is 11.5 Å². The summed E-state index contributed by atoms with van der Waals surface area (Å²) in [5.74, 6) is 0.909. The largest absolute Gasteiger partial charge is 0.493 e. The number of fused-ring (bicyclic) bond motifs is 3. The van der Waals surface area contributed by atoms with Gasteiger partial charge in [-0.2, -0.15) is 4.31 Å². The minimum absolute atomic E-state index is 0.211. The molecule has 142 valence electrons. The predicted molar refractivity (Wildman–Crippen MR) is 104 cm³/mol. The van der Waals surface area contributed by atoms with Crippen molar-refractivity contribution in [2.45, 2.75) is 17.9 Å². The molecule has 0 N–H and O–H groups in total. The molecule has 0 amide bonds. The first-order valence-corrected chi connectivity index (χ1v) is 10.2. The van der Waals surface area contributed by atoms with Gasteiger partial charge in [0, 0.05) is 36.3 Å². The molecule has 0 atom stereocenters. The van der Waals surface area contributed by atoms with Crippen LogP contribution in [0.4, 0.5) is 0 Å². The normalized spacial score (nSPS) is 14.9. The van der Waals surface area contributed by atoms with Gasteiger partial charge in [-0.3, -0.25) is 0 Å². The summed E-state index contributed by atoms with van der Waals surface area (Å²) in [5.41, 5.74) is 3.42. The fraction of sp³-hybridized carbons (Fsp3) is 0.300. The van der Waals surface area contributed by atoms with Crippen LogP contribution in [-0.2, 0) is 30.0 Å². The molecule has 1 aromatic heterocycles. The molecule has 0 saturated carbocycles. The summed E-state index contributed by atoms with van der Waals surface area (Å²) in [5, 5.41) is 1.21. The Hall–Kier alpha value is -2.51. The van der Waals surface area contributed by atoms with E-state index in [0.29, 0.717) is 31.0 Å². The summed E-state index contributed by atoms with van der Waals surface area (Å²) in [6.07, 6.45) is 0.698. The van der Waals surface area contributed by atoms with Crippen molar-refractivity contribution in [1.29, 1.82) is 0 Å². The van der Waals surface area contributed by atoms with Crippen molar-refractivity contribution in [3.05, 3.63) is 53.7 Å². The number of nitrogens with zero attached hydrogens (tertiary/aromatic N) is 2. The average Bonchev–Trinajstić information content (AvgIpc) is 2.99. The first-order chi connectivity index (χ1) is 13.0. The van der Waals surface area contributed by atoms with Crippen molar-refractivity contribution >= 4 is 20.9 Å². The molecule has 4 rings (SSSR count). The second kappa shape index (κ2) is 6.58. The maximum atomic E-state index is 13.2. The number of aromatic nitrogens is 1. The Morgan fingerprint density at radius 1 is 1.00 bits per heavy atom. The van der Waals surface area contributed by atoms with Crippen LogP contribution >= 0.6 is 0 Å². The van der Waals surface area contributed by atoms with E-state index < -0.39 is 10.0 Å². The molecule has 2 heterocycles. The van der Waals surface area contributed by atoms with E-state index in [9.17, 15) is 8.42 Å². The number of ether oxygens (including phenoxy) is 2. The molecular formula is C20H22N2O4S. The van der Waals surface area contributed by atoms with Crippen LogP contribution < -0.4 is 9.47 Å². The van der Waals surface area contributed by atoms with Gasteiger partial charge >= 0.3 is 0 Å². The third-order valence-electron chi connectivity index (χ3n) is 5.27. The average molecular weight is 386 g/mol. The standard InChI is InChI=1S/C20H22N2O4S/c1-21-17-7-5-4-6-15(17)16-10-11-22(13-18(16)21)27(23,24)14-8-9-19(25-2)20(12-14)26-3/h4-9,12H,10-11,13H2,1-3H3. The molecule has 0 spiro atoms. The maximum Gasteiger partial charge on any atom is 0.243 e. The molecule has 0 radical (unpaired) electrons. The molecular weight excluding hydrogens is 364 g/mol. The van der Waals surface area contributed by atoms with Gasteiger partial charge in [-0.25, -0.2) is 8.42 Å². The van der Waals surface area contributed by atoms with Gasteiger partial charge in [0.1, 0.15) is 0 Å². The van der Waals surface area contributed by atoms with Gasteiger partial charge in [-0.05, 0) is 30.2 Å². The van der Waals surface area contributed by atoms with Crippen LogP contribution in [0.2, 0.25) is 0 Å². The minimum atomic E-state index is -3.63. The zero-order chi connectivity index (χ0) is 19.2. The predicted octanol–water partition coefficient (Wildman–Crippen LogP) is 2.94. The highest BCUT2D eigenvalue weighted by molar-refractivity contribution is 7.89. The molecule has 7 heteroatoms. The van der Waals surface area contributed by atoms with Crippen LogP contribution in [0.3, 0.4) is 0 Å². The molecule has 27 heavy (non-hydrogen) atoms. The maximum absolute atomic E-state index is 13.2. The Kier molecular flexibility index (Phi) is 4.36. The van der Waals surface area contributed by atoms with Crippen LogP contribution in [0, 0.1) is 0 Å². The highest BCUT2D eigenvalue weighted by atomic mass is 32.2. The van der Waals surface area contributed by atoms with Crippen molar-refractivity contribution < 1.29 is 17.9 Å². The Balaban J connectivity index is 1.73. The number of methoxy groups -OCH3 is 2. The molecule has 0 bridgehead atoms. The Bertz CT molecular complexity index is 1120. The summed E-state index contributed by atoms with van der Waals surface area (Å²) in [7, 11) is 1.38. The van der Waals surface area contributed by atoms with Crippen LogP contribution in [-0.4, -0.2) is 38.1 Å². The molecule has 6 nitrogen and oxygen atoms in total. The second-order valence-corrected chi connectivity index (χ2v) is 8.54. The Morgan fingerprint density at radius 2 is 1.74 bits per heavy atom. The van der Waals surface area contributed by atoms with Crippen molar-refractivity contribution in [3.63, 3.8) is 0 Å². The molecule has 1 aliphatic rings. The number of benzene rings is 2. The van der Waals surface area contributed by atoms with Crippen molar-refractivity contribution in [3.8, 4) is 11.5 Å². The second-order valence-electron chi connectivity index (χ2n) is 6.61. The van der Waals surface area contributed by atoms with E-state index in [1.165, 1.54) is 35.5 Å². The van der Waals surface area contributed by atoms with Gasteiger partial charge in [-0.15, -0.1) is 0 Å². The molecule has 3 aromatic rings. The van der Waals surface area contributed by atoms with E-state index in [1.54, 1.807) is 12.1 Å². The molecule has 0 unspecified atom stereocenters. The quantitative estimate of drug-likeness (QED) is 0.692. The van der Waals surface area contributed by atoms with Crippen LogP contribution in [0.15, 0.2) is 47.4 Å². The fourth-order valence-corrected chi connectivity index (χ4v) is 5.24. The van der Waals surface area contributed by atoms with Gasteiger partial charge in [0.25, 0.3) is 0 Å². The number of rotatable bonds is 4. The number of para-hydroxylation sites is 1. The van der Waals surface area contributed by atoms with Gasteiger partial charge < -0.3 is 14.0 Å². The zero-order valence-corrected chi connectivity index (χ0v) is 16.4. The number of aryl methyl sites for hydroxylation is 1. The zero-order valence-electron chi connectivity index (χ0n) is 15.6. The Morgan fingerprint density at radius 3 is 2.48 bits per heavy atom. The van der Waals surface area contributed by atoms with Crippen LogP contribution in [0.5, 0.6) is 11.5 Å². The van der Waals surface area contributed by atoms with Crippen LogP contribution in [0.25, 0.3) is 10.9 Å². The summed E-state index contributed by atoms with van der Waals surface area (Å²) in [4.78, 5) is 0.211. The topological polar surface area (TPSA) is 60.8 Å². The summed E-state index contributed by atoms with van der Waals surface area (Å²) in [6, 6.07) is 12.9. The molecule has 2 aromatic carbocycles. The van der Waals surface area contributed by atoms with E-state index in [2.05, 4.69) is 16.7 Å². The lowest BCUT2D eigenvalue weighted by molar-refractivity contribution is 0.352. The van der Waals surface area contributed by atoms with Crippen LogP contribution in [0.1, 0.15) is 11.3 Å². The third kappa shape index (κ3) is 2.78. The van der Waals surface area contributed by atoms with Gasteiger partial charge in [0.2, 0.25) is 10.0 Å². The molecule has 0 aliphatic carbocycles. The highest BCUT2D eigenvalue weighted by Crippen LogP contribution is 2.34. The number of hydrogen-bond donors (Lipinski definition) is 0. The number of sulfonamides is 1. The highest BCUT2D eigenvalue weighted by Gasteiger charge is 2.31. The van der Waals surface area contributed by atoms with Crippen molar-refractivity contribution in [2.24, 2.45) is 7.05 Å². The summed E-state index contributed by atoms with van der Waals surface area (Å²) in [6.45, 7) is 0.814. The monoisotopic (exact) mass is 386 g/mol. The van der Waals surface area contributed by atoms with E-state index in [4.69, 9.17) is 9.47 Å². The van der Waals surface area contributed by atoms with Gasteiger partial charge in [-0.1, -0.05) is 18.2 Å². The first kappa shape index (κ1) is 17.9. The van der Waals surface area contributed by atoms with E-state index in [1.807, 2.05) is 19.2 Å². The van der Waals surface area contributed by atoms with E-state index in [0.717, 1.165) is 11.2 Å². The molecule has 0 saturated heterocycles. The SMILES string of the molecule is COc1ccc(S(=O)(=O)N2CCc3c(n(C)c4ccccc34)C2)cc1OC. The molecule has 0 fully saturated rings. The molecule has 1 aliphatic heterocycles.